The van der Waals surface area contributed by atoms with E-state index < -0.39 is 0 Å². The Bertz CT molecular complexity index is 239. The molecule has 1 heterocycles. The van der Waals surface area contributed by atoms with Crippen molar-refractivity contribution in [3.8, 4) is 0 Å². The summed E-state index contributed by atoms with van der Waals surface area (Å²) in [6.07, 6.45) is 5.21. The minimum absolute atomic E-state index is 0.104. The van der Waals surface area contributed by atoms with Gasteiger partial charge < -0.3 is 10.1 Å². The number of ether oxygens (including phenoxy) is 1. The fraction of sp³-hybridized carbons (Fsp3) is 1.00. The van der Waals surface area contributed by atoms with E-state index >= 15 is 0 Å². The van der Waals surface area contributed by atoms with E-state index in [1.54, 1.807) is 0 Å². The molecule has 17 heavy (non-hydrogen) atoms. The molecule has 1 fully saturated rings. The molecule has 1 N–H and O–H groups in total. The summed E-state index contributed by atoms with van der Waals surface area (Å²) in [5, 5.41) is 3.81. The molecule has 2 nitrogen and oxygen atoms in total. The van der Waals surface area contributed by atoms with E-state index in [4.69, 9.17) is 4.74 Å². The lowest BCUT2D eigenvalue weighted by Gasteiger charge is -2.52. The fourth-order valence-electron chi connectivity index (χ4n) is 2.88. The third-order valence-corrected chi connectivity index (χ3v) is 4.58. The van der Waals surface area contributed by atoms with E-state index in [9.17, 15) is 0 Å². The number of rotatable bonds is 5. The van der Waals surface area contributed by atoms with Gasteiger partial charge in [0.05, 0.1) is 12.7 Å². The van der Waals surface area contributed by atoms with E-state index in [2.05, 4.69) is 46.9 Å². The third-order valence-electron chi connectivity index (χ3n) is 4.58. The van der Waals surface area contributed by atoms with Gasteiger partial charge in [0.15, 0.2) is 0 Å². The molecule has 0 bridgehead atoms. The second-order valence-electron chi connectivity index (χ2n) is 6.60. The van der Waals surface area contributed by atoms with Gasteiger partial charge in [-0.1, -0.05) is 34.1 Å². The Balaban J connectivity index is 2.67. The van der Waals surface area contributed by atoms with Crippen LogP contribution in [0.1, 0.15) is 67.2 Å². The van der Waals surface area contributed by atoms with Crippen LogP contribution in [-0.2, 0) is 4.74 Å². The molecule has 0 aromatic rings. The molecular weight excluding hydrogens is 210 g/mol. The van der Waals surface area contributed by atoms with E-state index in [0.29, 0.717) is 17.6 Å². The van der Waals surface area contributed by atoms with E-state index in [1.165, 1.54) is 12.8 Å². The molecule has 0 saturated carbocycles. The van der Waals surface area contributed by atoms with Gasteiger partial charge in [-0.15, -0.1) is 0 Å². The summed E-state index contributed by atoms with van der Waals surface area (Å²) in [6, 6.07) is 0.575. The maximum atomic E-state index is 5.99. The summed E-state index contributed by atoms with van der Waals surface area (Å²) in [5.74, 6) is 0. The smallest absolute Gasteiger partial charge is 0.0654 e. The normalized spacial score (nSPS) is 34.6. The van der Waals surface area contributed by atoms with Crippen LogP contribution >= 0.6 is 0 Å². The van der Waals surface area contributed by atoms with Crippen molar-refractivity contribution in [2.24, 2.45) is 5.41 Å². The van der Waals surface area contributed by atoms with Crippen molar-refractivity contribution >= 4 is 0 Å². The Morgan fingerprint density at radius 1 is 1.29 bits per heavy atom. The fourth-order valence-corrected chi connectivity index (χ4v) is 2.88. The van der Waals surface area contributed by atoms with E-state index in [1.807, 2.05) is 0 Å². The van der Waals surface area contributed by atoms with E-state index in [-0.39, 0.29) is 5.54 Å². The molecule has 1 aliphatic rings. The van der Waals surface area contributed by atoms with Crippen molar-refractivity contribution in [2.75, 3.05) is 6.61 Å². The van der Waals surface area contributed by atoms with Gasteiger partial charge in [-0.25, -0.2) is 0 Å². The van der Waals surface area contributed by atoms with Crippen molar-refractivity contribution in [3.63, 3.8) is 0 Å². The quantitative estimate of drug-likeness (QED) is 0.791. The number of nitrogens with one attached hydrogen (secondary N) is 1. The van der Waals surface area contributed by atoms with Crippen LogP contribution in [0.5, 0.6) is 0 Å². The summed E-state index contributed by atoms with van der Waals surface area (Å²) in [6.45, 7) is 14.7. The first-order valence-electron chi connectivity index (χ1n) is 7.24. The largest absolute Gasteiger partial charge is 0.376 e. The second kappa shape index (κ2) is 5.71. The van der Waals surface area contributed by atoms with Crippen molar-refractivity contribution in [3.05, 3.63) is 0 Å². The second-order valence-corrected chi connectivity index (χ2v) is 6.60. The molecule has 102 valence electrons. The van der Waals surface area contributed by atoms with Crippen LogP contribution in [-0.4, -0.2) is 24.3 Å². The predicted molar refractivity (Wildman–Crippen MR) is 74.3 cm³/mol. The van der Waals surface area contributed by atoms with Crippen LogP contribution in [0.2, 0.25) is 0 Å². The first-order chi connectivity index (χ1) is 7.84. The highest BCUT2D eigenvalue weighted by molar-refractivity contribution is 5.01. The molecule has 0 aromatic carbocycles. The molecule has 0 radical (unpaired) electrons. The molecule has 0 spiro atoms. The number of hydrogen-bond donors (Lipinski definition) is 1. The zero-order valence-electron chi connectivity index (χ0n) is 12.6. The molecule has 3 atom stereocenters. The average molecular weight is 241 g/mol. The molecule has 0 aliphatic carbocycles. The Labute approximate surface area is 108 Å². The van der Waals surface area contributed by atoms with Crippen LogP contribution in [0.25, 0.3) is 0 Å². The lowest BCUT2D eigenvalue weighted by molar-refractivity contribution is -0.104. The summed E-state index contributed by atoms with van der Waals surface area (Å²) in [5.41, 5.74) is 0.404. The summed E-state index contributed by atoms with van der Waals surface area (Å²) in [7, 11) is 0. The van der Waals surface area contributed by atoms with Crippen molar-refractivity contribution in [1.82, 2.24) is 5.32 Å². The summed E-state index contributed by atoms with van der Waals surface area (Å²) < 4.78 is 5.99. The van der Waals surface area contributed by atoms with E-state index in [0.717, 1.165) is 19.4 Å². The van der Waals surface area contributed by atoms with Gasteiger partial charge in [0.1, 0.15) is 0 Å². The molecule has 3 unspecified atom stereocenters. The van der Waals surface area contributed by atoms with Crippen LogP contribution in [0.3, 0.4) is 0 Å². The van der Waals surface area contributed by atoms with Crippen molar-refractivity contribution in [1.29, 1.82) is 0 Å². The van der Waals surface area contributed by atoms with Gasteiger partial charge in [0, 0.05) is 11.6 Å². The molecule has 1 aliphatic heterocycles. The Morgan fingerprint density at radius 2 is 1.94 bits per heavy atom. The number of hydrogen-bond acceptors (Lipinski definition) is 2. The highest BCUT2D eigenvalue weighted by Crippen LogP contribution is 2.41. The molecule has 0 amide bonds. The van der Waals surface area contributed by atoms with Crippen LogP contribution in [0.15, 0.2) is 0 Å². The summed E-state index contributed by atoms with van der Waals surface area (Å²) >= 11 is 0. The molecule has 1 saturated heterocycles. The summed E-state index contributed by atoms with van der Waals surface area (Å²) in [4.78, 5) is 0. The van der Waals surface area contributed by atoms with Gasteiger partial charge in [-0.05, 0) is 38.5 Å². The predicted octanol–water partition coefficient (Wildman–Crippen LogP) is 3.75. The van der Waals surface area contributed by atoms with Gasteiger partial charge in [-0.3, -0.25) is 0 Å². The highest BCUT2D eigenvalue weighted by Gasteiger charge is 2.46. The Hall–Kier alpha value is -0.0800. The lowest BCUT2D eigenvalue weighted by Crippen LogP contribution is -2.63. The van der Waals surface area contributed by atoms with Gasteiger partial charge >= 0.3 is 0 Å². The molecule has 1 rings (SSSR count). The molecular formula is C15H31NO. The van der Waals surface area contributed by atoms with Crippen molar-refractivity contribution in [2.45, 2.75) is 84.9 Å². The molecule has 2 heteroatoms. The Morgan fingerprint density at radius 3 is 2.41 bits per heavy atom. The third kappa shape index (κ3) is 3.45. The minimum atomic E-state index is 0.104. The average Bonchev–Trinajstić information content (AvgIpc) is 2.22. The Kier molecular flexibility index (Phi) is 5.03. The monoisotopic (exact) mass is 241 g/mol. The van der Waals surface area contributed by atoms with Gasteiger partial charge in [-0.2, -0.15) is 0 Å². The molecule has 0 aromatic heterocycles. The maximum Gasteiger partial charge on any atom is 0.0654 e. The van der Waals surface area contributed by atoms with Gasteiger partial charge in [0.25, 0.3) is 0 Å². The lowest BCUT2D eigenvalue weighted by atomic mass is 9.68. The first-order valence-corrected chi connectivity index (χ1v) is 7.24. The zero-order chi connectivity index (χ0) is 13.1. The van der Waals surface area contributed by atoms with Gasteiger partial charge in [0.2, 0.25) is 0 Å². The van der Waals surface area contributed by atoms with Crippen LogP contribution in [0.4, 0.5) is 0 Å². The zero-order valence-corrected chi connectivity index (χ0v) is 12.6. The van der Waals surface area contributed by atoms with Crippen molar-refractivity contribution < 1.29 is 4.74 Å². The highest BCUT2D eigenvalue weighted by atomic mass is 16.5. The minimum Gasteiger partial charge on any atom is -0.376 e. The van der Waals surface area contributed by atoms with Crippen LogP contribution < -0.4 is 5.32 Å². The maximum absolute atomic E-state index is 5.99. The topological polar surface area (TPSA) is 21.3 Å². The first kappa shape index (κ1) is 15.0. The SMILES string of the molecule is CCCC(C)NC1(C)COC(CC)CC1(C)C. The van der Waals surface area contributed by atoms with Crippen LogP contribution in [0, 0.1) is 5.41 Å². The standard InChI is InChI=1S/C15H31NO/c1-7-9-12(3)16-15(6)11-17-13(8-2)10-14(15,4)5/h12-13,16H,7-11H2,1-6H3.